The quantitative estimate of drug-likeness (QED) is 0.422. The zero-order chi connectivity index (χ0) is 24.4. The van der Waals surface area contributed by atoms with Gasteiger partial charge in [0.1, 0.15) is 11.5 Å². The van der Waals surface area contributed by atoms with Crippen LogP contribution in [0, 0.1) is 0 Å². The molecule has 2 aromatic rings. The molecule has 8 nitrogen and oxygen atoms in total. The number of nitrogens with zero attached hydrogens (tertiary/aromatic N) is 4. The molecule has 0 radical (unpaired) electrons. The van der Waals surface area contributed by atoms with Gasteiger partial charge in [-0.15, -0.1) is 0 Å². The number of phenols is 2. The molecule has 0 aliphatic carbocycles. The molecule has 3 aliphatic heterocycles. The van der Waals surface area contributed by atoms with Crippen LogP contribution < -0.4 is 10.6 Å². The molecule has 3 fully saturated rings. The van der Waals surface area contributed by atoms with Crippen molar-refractivity contribution in [1.29, 1.82) is 0 Å². The van der Waals surface area contributed by atoms with Crippen LogP contribution >= 0.6 is 23.2 Å². The molecule has 3 heterocycles. The van der Waals surface area contributed by atoms with E-state index in [1.807, 2.05) is 24.3 Å². The van der Waals surface area contributed by atoms with E-state index in [2.05, 4.69) is 30.2 Å². The van der Waals surface area contributed by atoms with Gasteiger partial charge in [0.05, 0.1) is 6.67 Å². The summed E-state index contributed by atoms with van der Waals surface area (Å²) in [4.78, 5) is 9.12. The molecule has 0 unspecified atom stereocenters. The van der Waals surface area contributed by atoms with Crippen molar-refractivity contribution in [3.8, 4) is 11.5 Å². The lowest BCUT2D eigenvalue weighted by atomic mass is 10.1. The number of nitrogens with one attached hydrogen (secondary N) is 2. The van der Waals surface area contributed by atoms with E-state index in [-0.39, 0.29) is 0 Å². The summed E-state index contributed by atoms with van der Waals surface area (Å²) < 4.78 is 0. The first-order chi connectivity index (χ1) is 16.9. The number of phenolic OH excluding ortho intramolecular Hbond substituents is 2. The summed E-state index contributed by atoms with van der Waals surface area (Å²) >= 11 is 12.8. The first kappa shape index (κ1) is 25.0. The maximum absolute atomic E-state index is 10.9. The third-order valence-corrected chi connectivity index (χ3v) is 7.49. The molecule has 0 aromatic heterocycles. The zero-order valence-electron chi connectivity index (χ0n) is 19.9. The number of rotatable bonds is 8. The number of hydrogen-bond donors (Lipinski definition) is 4. The molecule has 0 atom stereocenters. The van der Waals surface area contributed by atoms with Crippen LogP contribution in [0.2, 0.25) is 10.0 Å². The van der Waals surface area contributed by atoms with Crippen LogP contribution in [0.5, 0.6) is 11.5 Å². The summed E-state index contributed by atoms with van der Waals surface area (Å²) in [5, 5.41) is 29.8. The van der Waals surface area contributed by atoms with Gasteiger partial charge in [-0.3, -0.25) is 19.6 Å². The minimum Gasteiger partial charge on any atom is -0.507 e. The first-order valence-electron chi connectivity index (χ1n) is 12.3. The van der Waals surface area contributed by atoms with Gasteiger partial charge in [-0.25, -0.2) is 0 Å². The van der Waals surface area contributed by atoms with Gasteiger partial charge in [-0.05, 0) is 24.3 Å². The average Bonchev–Trinajstić information content (AvgIpc) is 3.59. The molecule has 3 aliphatic rings. The van der Waals surface area contributed by atoms with Crippen LogP contribution in [0.3, 0.4) is 0 Å². The fourth-order valence-corrected chi connectivity index (χ4v) is 5.75. The Morgan fingerprint density at radius 3 is 1.31 bits per heavy atom. The lowest BCUT2D eigenvalue weighted by Gasteiger charge is -2.22. The van der Waals surface area contributed by atoms with Gasteiger partial charge in [-0.1, -0.05) is 23.2 Å². The second kappa shape index (κ2) is 11.2. The Balaban J connectivity index is 1.22. The molecule has 0 spiro atoms. The molecule has 0 bridgehead atoms. The summed E-state index contributed by atoms with van der Waals surface area (Å²) in [7, 11) is 0. The van der Waals surface area contributed by atoms with E-state index in [0.717, 1.165) is 81.5 Å². The summed E-state index contributed by atoms with van der Waals surface area (Å²) in [5.41, 5.74) is 3.45. The normalized spacial score (nSPS) is 20.4. The Labute approximate surface area is 217 Å². The Bertz CT molecular complexity index is 962. The molecular formula is C25H34Cl2N6O2. The standard InChI is InChI=1S/C25H34Cl2N6O2/c26-22-7-18(11-30-3-1-28-15-30)24(34)20(9-22)13-32-5-6-33(17-32)14-21-10-23(27)8-19(25(21)35)12-31-4-2-29-16-31/h7-10,28-29,34-35H,1-6,11-17H2. The fourth-order valence-electron chi connectivity index (χ4n) is 5.22. The fraction of sp³-hybridized carbons (Fsp3) is 0.520. The van der Waals surface area contributed by atoms with Gasteiger partial charge >= 0.3 is 0 Å². The molecule has 3 saturated heterocycles. The topological polar surface area (TPSA) is 77.5 Å². The maximum Gasteiger partial charge on any atom is 0.124 e. The molecular weight excluding hydrogens is 487 g/mol. The lowest BCUT2D eigenvalue weighted by Crippen LogP contribution is -2.25. The molecule has 35 heavy (non-hydrogen) atoms. The van der Waals surface area contributed by atoms with E-state index in [4.69, 9.17) is 23.2 Å². The van der Waals surface area contributed by atoms with Crippen LogP contribution in [0.1, 0.15) is 22.3 Å². The minimum absolute atomic E-state index is 0.341. The van der Waals surface area contributed by atoms with Gasteiger partial charge < -0.3 is 20.8 Å². The summed E-state index contributed by atoms with van der Waals surface area (Å²) in [6.07, 6.45) is 0. The highest BCUT2D eigenvalue weighted by molar-refractivity contribution is 6.31. The predicted octanol–water partition coefficient (Wildman–Crippen LogP) is 2.41. The van der Waals surface area contributed by atoms with Crippen molar-refractivity contribution in [2.75, 3.05) is 59.3 Å². The van der Waals surface area contributed by atoms with Gasteiger partial charge in [0.25, 0.3) is 0 Å². The monoisotopic (exact) mass is 520 g/mol. The Kier molecular flexibility index (Phi) is 8.01. The van der Waals surface area contributed by atoms with E-state index in [1.54, 1.807) is 0 Å². The minimum atomic E-state index is 0.341. The van der Waals surface area contributed by atoms with Gasteiger partial charge in [0.15, 0.2) is 0 Å². The van der Waals surface area contributed by atoms with Gasteiger partial charge in [-0.2, -0.15) is 0 Å². The van der Waals surface area contributed by atoms with Crippen molar-refractivity contribution < 1.29 is 10.2 Å². The Morgan fingerprint density at radius 1 is 0.600 bits per heavy atom. The van der Waals surface area contributed by atoms with Crippen molar-refractivity contribution in [3.63, 3.8) is 0 Å². The second-order valence-corrected chi connectivity index (χ2v) is 10.7. The Hall–Kier alpha value is -1.62. The number of hydrogen-bond acceptors (Lipinski definition) is 8. The molecule has 10 heteroatoms. The van der Waals surface area contributed by atoms with Crippen LogP contribution in [0.4, 0.5) is 0 Å². The molecule has 2 aromatic carbocycles. The molecule has 4 N–H and O–H groups in total. The smallest absolute Gasteiger partial charge is 0.124 e. The highest BCUT2D eigenvalue weighted by atomic mass is 35.5. The third-order valence-electron chi connectivity index (χ3n) is 7.05. The molecule has 0 amide bonds. The summed E-state index contributed by atoms with van der Waals surface area (Å²) in [6, 6.07) is 7.47. The van der Waals surface area contributed by atoms with E-state index >= 15 is 0 Å². The van der Waals surface area contributed by atoms with E-state index in [9.17, 15) is 10.2 Å². The SMILES string of the molecule is Oc1c(CN2CCNC2)cc(Cl)cc1CN1CCN(Cc2cc(Cl)cc(CN3CCNC3)c2O)C1. The number of benzene rings is 2. The van der Waals surface area contributed by atoms with Crippen molar-refractivity contribution in [1.82, 2.24) is 30.2 Å². The highest BCUT2D eigenvalue weighted by Gasteiger charge is 2.24. The van der Waals surface area contributed by atoms with E-state index in [1.165, 1.54) is 0 Å². The molecule has 0 saturated carbocycles. The van der Waals surface area contributed by atoms with Crippen LogP contribution in [0.25, 0.3) is 0 Å². The van der Waals surface area contributed by atoms with E-state index in [0.29, 0.717) is 47.7 Å². The number of halogens is 2. The lowest BCUT2D eigenvalue weighted by molar-refractivity contribution is 0.231. The Morgan fingerprint density at radius 2 is 0.971 bits per heavy atom. The van der Waals surface area contributed by atoms with Crippen LogP contribution in [-0.4, -0.2) is 89.1 Å². The summed E-state index contributed by atoms with van der Waals surface area (Å²) in [6.45, 7) is 10.7. The summed E-state index contributed by atoms with van der Waals surface area (Å²) in [5.74, 6) is 0.682. The second-order valence-electron chi connectivity index (χ2n) is 9.81. The third kappa shape index (κ3) is 6.21. The average molecular weight is 521 g/mol. The van der Waals surface area contributed by atoms with Gasteiger partial charge in [0, 0.05) is 111 Å². The van der Waals surface area contributed by atoms with Crippen molar-refractivity contribution in [2.24, 2.45) is 0 Å². The van der Waals surface area contributed by atoms with Crippen molar-refractivity contribution in [2.45, 2.75) is 26.2 Å². The van der Waals surface area contributed by atoms with Crippen molar-refractivity contribution >= 4 is 23.2 Å². The predicted molar refractivity (Wildman–Crippen MR) is 138 cm³/mol. The maximum atomic E-state index is 10.9. The molecule has 5 rings (SSSR count). The van der Waals surface area contributed by atoms with E-state index < -0.39 is 0 Å². The van der Waals surface area contributed by atoms with Gasteiger partial charge in [0.2, 0.25) is 0 Å². The van der Waals surface area contributed by atoms with Crippen molar-refractivity contribution in [3.05, 3.63) is 56.6 Å². The number of aromatic hydroxyl groups is 2. The largest absolute Gasteiger partial charge is 0.507 e. The first-order valence-corrected chi connectivity index (χ1v) is 13.0. The van der Waals surface area contributed by atoms with Crippen LogP contribution in [0.15, 0.2) is 24.3 Å². The van der Waals surface area contributed by atoms with Crippen LogP contribution in [-0.2, 0) is 26.2 Å². The highest BCUT2D eigenvalue weighted by Crippen LogP contribution is 2.32. The zero-order valence-corrected chi connectivity index (χ0v) is 21.5. The molecule has 190 valence electrons.